The molecule has 6 nitrogen and oxygen atoms in total. The maximum Gasteiger partial charge on any atom is 0.313 e. The van der Waals surface area contributed by atoms with Gasteiger partial charge in [-0.1, -0.05) is 17.7 Å². The van der Waals surface area contributed by atoms with Gasteiger partial charge < -0.3 is 15.2 Å². The number of carbonyl (C=O) groups is 1. The highest BCUT2D eigenvalue weighted by Crippen LogP contribution is 2.28. The number of nitrogens with one attached hydrogen (secondary N) is 1. The van der Waals surface area contributed by atoms with Crippen LogP contribution in [-0.2, 0) is 16.1 Å². The summed E-state index contributed by atoms with van der Waals surface area (Å²) < 4.78 is 7.12. The van der Waals surface area contributed by atoms with Crippen LogP contribution in [0.1, 0.15) is 18.4 Å². The molecule has 0 amide bonds. The lowest BCUT2D eigenvalue weighted by molar-refractivity contribution is -0.156. The Labute approximate surface area is 145 Å². The molecule has 1 unspecified atom stereocenters. The first-order chi connectivity index (χ1) is 11.6. The van der Waals surface area contributed by atoms with Crippen molar-refractivity contribution in [1.82, 2.24) is 15.1 Å². The fourth-order valence-corrected chi connectivity index (χ4v) is 3.08. The number of carboxylic acid groups (broad SMARTS) is 1. The number of hydrogen-bond acceptors (Lipinski definition) is 4. The molecule has 0 radical (unpaired) electrons. The molecule has 7 heteroatoms. The molecule has 2 heterocycles. The van der Waals surface area contributed by atoms with Crippen LogP contribution >= 0.6 is 11.6 Å². The normalized spacial score (nSPS) is 20.9. The second kappa shape index (κ2) is 7.34. The molecule has 0 bridgehead atoms. The predicted molar refractivity (Wildman–Crippen MR) is 90.4 cm³/mol. The van der Waals surface area contributed by atoms with Crippen LogP contribution < -0.4 is 5.32 Å². The van der Waals surface area contributed by atoms with Crippen molar-refractivity contribution in [3.8, 4) is 5.69 Å². The van der Waals surface area contributed by atoms with Crippen LogP contribution in [0.3, 0.4) is 0 Å². The first-order valence-corrected chi connectivity index (χ1v) is 8.28. The summed E-state index contributed by atoms with van der Waals surface area (Å²) in [5.41, 5.74) is 1.03. The van der Waals surface area contributed by atoms with Gasteiger partial charge in [0.25, 0.3) is 0 Å². The van der Waals surface area contributed by atoms with E-state index in [1.807, 2.05) is 30.5 Å². The number of nitrogens with zero attached hydrogens (tertiary/aromatic N) is 2. The maximum atomic E-state index is 11.6. The smallest absolute Gasteiger partial charge is 0.313 e. The van der Waals surface area contributed by atoms with Gasteiger partial charge in [0, 0.05) is 36.5 Å². The quantitative estimate of drug-likeness (QED) is 0.838. The molecule has 24 heavy (non-hydrogen) atoms. The van der Waals surface area contributed by atoms with E-state index in [-0.39, 0.29) is 6.61 Å². The molecule has 1 aliphatic rings. The van der Waals surface area contributed by atoms with Crippen LogP contribution in [-0.4, -0.2) is 40.6 Å². The summed E-state index contributed by atoms with van der Waals surface area (Å²) in [5.74, 6) is -0.802. The van der Waals surface area contributed by atoms with Crippen LogP contribution in [0.5, 0.6) is 0 Å². The molecule has 0 spiro atoms. The number of halogens is 1. The SMILES string of the molecule is O=C(O)C1(CNCc2cnn(-c3cccc(Cl)c3)c2)CCCOC1. The minimum atomic E-state index is -0.832. The minimum Gasteiger partial charge on any atom is -0.481 e. The second-order valence-electron chi connectivity index (χ2n) is 6.12. The molecular weight excluding hydrogens is 330 g/mol. The van der Waals surface area contributed by atoms with E-state index >= 15 is 0 Å². The molecule has 2 N–H and O–H groups in total. The third kappa shape index (κ3) is 3.77. The molecule has 0 aliphatic carbocycles. The first-order valence-electron chi connectivity index (χ1n) is 7.90. The summed E-state index contributed by atoms with van der Waals surface area (Å²) in [6, 6.07) is 7.45. The molecule has 1 saturated heterocycles. The molecule has 1 aromatic carbocycles. The Morgan fingerprint density at radius 2 is 2.38 bits per heavy atom. The van der Waals surface area contributed by atoms with Crippen LogP contribution in [0.15, 0.2) is 36.7 Å². The lowest BCUT2D eigenvalue weighted by Gasteiger charge is -2.33. The number of benzene rings is 1. The minimum absolute atomic E-state index is 0.261. The Morgan fingerprint density at radius 3 is 3.08 bits per heavy atom. The zero-order valence-electron chi connectivity index (χ0n) is 13.2. The van der Waals surface area contributed by atoms with Gasteiger partial charge in [0.05, 0.1) is 18.5 Å². The van der Waals surface area contributed by atoms with Gasteiger partial charge in [-0.05, 0) is 31.0 Å². The van der Waals surface area contributed by atoms with E-state index in [0.29, 0.717) is 31.1 Å². The Balaban J connectivity index is 1.60. The highest BCUT2D eigenvalue weighted by atomic mass is 35.5. The van der Waals surface area contributed by atoms with E-state index in [1.54, 1.807) is 10.9 Å². The first kappa shape index (κ1) is 17.0. The van der Waals surface area contributed by atoms with Crippen molar-refractivity contribution < 1.29 is 14.6 Å². The largest absolute Gasteiger partial charge is 0.481 e. The van der Waals surface area contributed by atoms with Gasteiger partial charge in [-0.25, -0.2) is 4.68 Å². The van der Waals surface area contributed by atoms with E-state index in [0.717, 1.165) is 17.7 Å². The number of rotatable bonds is 6. The van der Waals surface area contributed by atoms with E-state index in [4.69, 9.17) is 16.3 Å². The average molecular weight is 350 g/mol. The number of hydrogen-bond donors (Lipinski definition) is 2. The van der Waals surface area contributed by atoms with Gasteiger partial charge >= 0.3 is 5.97 Å². The Morgan fingerprint density at radius 1 is 1.50 bits per heavy atom. The highest BCUT2D eigenvalue weighted by Gasteiger charge is 2.40. The van der Waals surface area contributed by atoms with E-state index in [1.165, 1.54) is 0 Å². The monoisotopic (exact) mass is 349 g/mol. The average Bonchev–Trinajstić information content (AvgIpc) is 3.04. The summed E-state index contributed by atoms with van der Waals surface area (Å²) >= 11 is 6.00. The molecular formula is C17H20ClN3O3. The van der Waals surface area contributed by atoms with Crippen molar-refractivity contribution >= 4 is 17.6 Å². The number of aliphatic carboxylic acids is 1. The fraction of sp³-hybridized carbons (Fsp3) is 0.412. The van der Waals surface area contributed by atoms with Crippen LogP contribution in [0.2, 0.25) is 5.02 Å². The topological polar surface area (TPSA) is 76.4 Å². The second-order valence-corrected chi connectivity index (χ2v) is 6.55. The van der Waals surface area contributed by atoms with Gasteiger partial charge in [0.1, 0.15) is 5.41 Å². The van der Waals surface area contributed by atoms with Crippen molar-refractivity contribution in [2.45, 2.75) is 19.4 Å². The van der Waals surface area contributed by atoms with E-state index in [2.05, 4.69) is 10.4 Å². The molecule has 3 rings (SSSR count). The number of ether oxygens (including phenoxy) is 1. The van der Waals surface area contributed by atoms with Crippen molar-refractivity contribution in [2.75, 3.05) is 19.8 Å². The standard InChI is InChI=1S/C17H20ClN3O3/c18-14-3-1-4-15(7-14)21-10-13(9-20-21)8-19-11-17(16(22)23)5-2-6-24-12-17/h1,3-4,7,9-10,19H,2,5-6,8,11-12H2,(H,22,23). The number of carboxylic acids is 1. The van der Waals surface area contributed by atoms with Crippen LogP contribution in [0.25, 0.3) is 5.69 Å². The molecule has 1 atom stereocenters. The van der Waals surface area contributed by atoms with Crippen molar-refractivity contribution in [3.05, 3.63) is 47.2 Å². The van der Waals surface area contributed by atoms with Gasteiger partial charge in [-0.3, -0.25) is 4.79 Å². The van der Waals surface area contributed by atoms with Gasteiger partial charge in [0.15, 0.2) is 0 Å². The lowest BCUT2D eigenvalue weighted by atomic mass is 9.82. The molecule has 1 aliphatic heterocycles. The third-order valence-corrected chi connectivity index (χ3v) is 4.51. The Bertz CT molecular complexity index is 711. The lowest BCUT2D eigenvalue weighted by Crippen LogP contribution is -2.46. The Kier molecular flexibility index (Phi) is 5.18. The zero-order chi connectivity index (χ0) is 17.0. The summed E-state index contributed by atoms with van der Waals surface area (Å²) in [6.07, 6.45) is 5.08. The maximum absolute atomic E-state index is 11.6. The summed E-state index contributed by atoms with van der Waals surface area (Å²) in [5, 5.41) is 17.7. The number of aromatic nitrogens is 2. The fourth-order valence-electron chi connectivity index (χ4n) is 2.89. The van der Waals surface area contributed by atoms with E-state index in [9.17, 15) is 9.90 Å². The summed E-state index contributed by atoms with van der Waals surface area (Å²) in [6.45, 7) is 1.83. The molecule has 0 saturated carbocycles. The molecule has 2 aromatic rings. The van der Waals surface area contributed by atoms with Gasteiger partial charge in [-0.15, -0.1) is 0 Å². The molecule has 128 valence electrons. The van der Waals surface area contributed by atoms with Gasteiger partial charge in [0.2, 0.25) is 0 Å². The van der Waals surface area contributed by atoms with Crippen molar-refractivity contribution in [3.63, 3.8) is 0 Å². The molecule has 1 fully saturated rings. The zero-order valence-corrected chi connectivity index (χ0v) is 14.0. The third-order valence-electron chi connectivity index (χ3n) is 4.28. The van der Waals surface area contributed by atoms with Gasteiger partial charge in [-0.2, -0.15) is 5.10 Å². The predicted octanol–water partition coefficient (Wildman–Crippen LogP) is 2.50. The van der Waals surface area contributed by atoms with Crippen molar-refractivity contribution in [1.29, 1.82) is 0 Å². The molecule has 1 aromatic heterocycles. The summed E-state index contributed by atoms with van der Waals surface area (Å²) in [4.78, 5) is 11.6. The summed E-state index contributed by atoms with van der Waals surface area (Å²) in [7, 11) is 0. The van der Waals surface area contributed by atoms with Crippen LogP contribution in [0.4, 0.5) is 0 Å². The van der Waals surface area contributed by atoms with Crippen LogP contribution in [0, 0.1) is 5.41 Å². The highest BCUT2D eigenvalue weighted by molar-refractivity contribution is 6.30. The Hall–Kier alpha value is -1.89. The van der Waals surface area contributed by atoms with Crippen molar-refractivity contribution in [2.24, 2.45) is 5.41 Å². The van der Waals surface area contributed by atoms with E-state index < -0.39 is 11.4 Å².